The fourth-order valence-electron chi connectivity index (χ4n) is 4.33. The predicted octanol–water partition coefficient (Wildman–Crippen LogP) is 5.60. The Hall–Kier alpha value is -1.64. The molecule has 2 N–H and O–H groups in total. The number of hydrogen-bond donors (Lipinski definition) is 2. The summed E-state index contributed by atoms with van der Waals surface area (Å²) in [7, 11) is 0. The Bertz CT molecular complexity index is 964. The van der Waals surface area contributed by atoms with E-state index in [9.17, 15) is 4.79 Å². The fourth-order valence-corrected chi connectivity index (χ4v) is 5.55. The lowest BCUT2D eigenvalue weighted by Gasteiger charge is -2.39. The molecule has 0 spiro atoms. The summed E-state index contributed by atoms with van der Waals surface area (Å²) in [5.74, 6) is 1.55. The zero-order chi connectivity index (χ0) is 20.7. The number of piperidine rings is 1. The molecule has 3 heterocycles. The summed E-state index contributed by atoms with van der Waals surface area (Å²) in [6.45, 7) is 5.84. The number of nitrogens with one attached hydrogen (secondary N) is 1. The van der Waals surface area contributed by atoms with E-state index in [1.54, 1.807) is 0 Å². The summed E-state index contributed by atoms with van der Waals surface area (Å²) in [6, 6.07) is 8.32. The van der Waals surface area contributed by atoms with Crippen LogP contribution in [0.5, 0.6) is 0 Å². The van der Waals surface area contributed by atoms with E-state index in [2.05, 4.69) is 65.7 Å². The number of fused-ring (bicyclic) bond motifs is 1. The molecule has 2 aromatic rings. The van der Waals surface area contributed by atoms with Crippen molar-refractivity contribution < 1.29 is 9.90 Å². The van der Waals surface area contributed by atoms with E-state index in [0.717, 1.165) is 57.9 Å². The van der Waals surface area contributed by atoms with Gasteiger partial charge in [0.2, 0.25) is 0 Å². The number of aromatic nitrogens is 1. The van der Waals surface area contributed by atoms with Gasteiger partial charge < -0.3 is 10.1 Å². The molecule has 1 fully saturated rings. The Balaban J connectivity index is 1.64. The van der Waals surface area contributed by atoms with Crippen LogP contribution in [-0.4, -0.2) is 39.9 Å². The molecule has 154 valence electrons. The number of anilines is 2. The molecule has 2 aliphatic rings. The molecule has 29 heavy (non-hydrogen) atoms. The topological polar surface area (TPSA) is 71.9 Å². The molecule has 0 saturated carbocycles. The highest BCUT2D eigenvalue weighted by Crippen LogP contribution is 2.43. The Labute approximate surface area is 187 Å². The number of nitrogens with zero attached hydrogens (tertiary/aromatic N) is 3. The van der Waals surface area contributed by atoms with Gasteiger partial charge in [0.05, 0.1) is 5.69 Å². The fraction of sp³-hybridized carbons (Fsp3) is 0.429. The van der Waals surface area contributed by atoms with Crippen molar-refractivity contribution >= 4 is 55.2 Å². The van der Waals surface area contributed by atoms with Crippen molar-refractivity contribution in [3.8, 4) is 0 Å². The first kappa shape index (κ1) is 20.6. The highest BCUT2D eigenvalue weighted by molar-refractivity contribution is 9.11. The van der Waals surface area contributed by atoms with Crippen molar-refractivity contribution in [2.45, 2.75) is 39.3 Å². The Morgan fingerprint density at radius 2 is 1.97 bits per heavy atom. The first-order valence-electron chi connectivity index (χ1n) is 9.78. The number of amidine groups is 1. The van der Waals surface area contributed by atoms with Crippen molar-refractivity contribution in [2.75, 3.05) is 18.0 Å². The number of carboxylic acid groups (broad SMARTS) is 1. The van der Waals surface area contributed by atoms with Crippen molar-refractivity contribution in [3.05, 3.63) is 44.5 Å². The molecule has 1 aromatic heterocycles. The van der Waals surface area contributed by atoms with Gasteiger partial charge in [0.15, 0.2) is 0 Å². The van der Waals surface area contributed by atoms with Crippen LogP contribution in [-0.2, 0) is 4.79 Å². The Kier molecular flexibility index (Phi) is 5.86. The van der Waals surface area contributed by atoms with Gasteiger partial charge in [0.1, 0.15) is 17.8 Å². The van der Waals surface area contributed by atoms with Gasteiger partial charge in [0.25, 0.3) is 0 Å². The number of aliphatic carboxylic acids is 1. The number of aromatic amines is 1. The minimum Gasteiger partial charge on any atom is -0.481 e. The Morgan fingerprint density at radius 1 is 1.24 bits per heavy atom. The quantitative estimate of drug-likeness (QED) is 0.546. The lowest BCUT2D eigenvalue weighted by molar-refractivity contribution is -0.138. The number of hydrogen-bond acceptors (Lipinski definition) is 4. The number of rotatable bonds is 4. The van der Waals surface area contributed by atoms with Crippen LogP contribution in [0.2, 0.25) is 0 Å². The van der Waals surface area contributed by atoms with Crippen LogP contribution in [0.3, 0.4) is 0 Å². The average molecular weight is 524 g/mol. The number of likely N-dealkylation sites (tertiary alicyclic amines) is 1. The molecular weight excluding hydrogens is 500 g/mol. The van der Waals surface area contributed by atoms with E-state index in [1.165, 1.54) is 5.56 Å². The summed E-state index contributed by atoms with van der Waals surface area (Å²) in [4.78, 5) is 24.2. The maximum absolute atomic E-state index is 11.0. The molecule has 1 atom stereocenters. The molecule has 0 radical (unpaired) electrons. The van der Waals surface area contributed by atoms with Crippen LogP contribution in [0.25, 0.3) is 0 Å². The van der Waals surface area contributed by atoms with Gasteiger partial charge in [-0.3, -0.25) is 14.6 Å². The SMILES string of the molecule is CC1=NC(N2CCC(CC(=O)O)CC2)c2cc(C)[nH]c2N1c1ccc(Br)cc1Br. The number of aryl methyl sites for hydroxylation is 1. The van der Waals surface area contributed by atoms with Gasteiger partial charge in [-0.2, -0.15) is 0 Å². The minimum atomic E-state index is -0.700. The minimum absolute atomic E-state index is 0.0359. The second-order valence-electron chi connectivity index (χ2n) is 7.81. The molecule has 0 amide bonds. The van der Waals surface area contributed by atoms with Crippen LogP contribution in [0, 0.1) is 12.8 Å². The van der Waals surface area contributed by atoms with Crippen LogP contribution in [0.15, 0.2) is 38.2 Å². The van der Waals surface area contributed by atoms with Gasteiger partial charge in [-0.15, -0.1) is 0 Å². The second-order valence-corrected chi connectivity index (χ2v) is 9.58. The van der Waals surface area contributed by atoms with Crippen molar-refractivity contribution in [1.82, 2.24) is 9.88 Å². The number of H-pyrrole nitrogens is 1. The van der Waals surface area contributed by atoms with E-state index in [0.29, 0.717) is 0 Å². The maximum atomic E-state index is 11.0. The van der Waals surface area contributed by atoms with Gasteiger partial charge in [-0.05, 0) is 72.8 Å². The lowest BCUT2D eigenvalue weighted by atomic mass is 9.93. The molecule has 6 nitrogen and oxygen atoms in total. The average Bonchev–Trinajstić information content (AvgIpc) is 3.03. The van der Waals surface area contributed by atoms with E-state index in [4.69, 9.17) is 10.1 Å². The highest BCUT2D eigenvalue weighted by atomic mass is 79.9. The molecule has 0 aliphatic carbocycles. The first-order valence-corrected chi connectivity index (χ1v) is 11.4. The normalized spacial score (nSPS) is 20.5. The molecule has 1 unspecified atom stereocenters. The van der Waals surface area contributed by atoms with Crippen LogP contribution in [0.1, 0.15) is 43.6 Å². The summed E-state index contributed by atoms with van der Waals surface area (Å²) < 4.78 is 2.01. The van der Waals surface area contributed by atoms with Gasteiger partial charge in [0, 0.05) is 39.7 Å². The zero-order valence-electron chi connectivity index (χ0n) is 16.5. The molecule has 4 rings (SSSR count). The third-order valence-corrected chi connectivity index (χ3v) is 6.83. The van der Waals surface area contributed by atoms with Crippen molar-refractivity contribution in [2.24, 2.45) is 10.9 Å². The predicted molar refractivity (Wildman–Crippen MR) is 122 cm³/mol. The monoisotopic (exact) mass is 522 g/mol. The molecule has 1 aromatic carbocycles. The largest absolute Gasteiger partial charge is 0.481 e. The number of halogens is 2. The van der Waals surface area contributed by atoms with E-state index >= 15 is 0 Å². The van der Waals surface area contributed by atoms with E-state index in [1.807, 2.05) is 19.1 Å². The number of aliphatic imine (C=N–C) groups is 1. The van der Waals surface area contributed by atoms with Gasteiger partial charge >= 0.3 is 5.97 Å². The molecule has 2 aliphatic heterocycles. The number of benzene rings is 1. The van der Waals surface area contributed by atoms with Crippen LogP contribution >= 0.6 is 31.9 Å². The maximum Gasteiger partial charge on any atom is 0.303 e. The molecule has 1 saturated heterocycles. The van der Waals surface area contributed by atoms with E-state index in [-0.39, 0.29) is 18.5 Å². The zero-order valence-corrected chi connectivity index (χ0v) is 19.6. The smallest absolute Gasteiger partial charge is 0.303 e. The standard InChI is InChI=1S/C21H24Br2N4O2/c1-12-9-16-20(26-7-5-14(6-8-26)10-19(28)29)25-13(2)27(21(16)24-12)18-4-3-15(22)11-17(18)23/h3-4,9,11,14,20,24H,5-8,10H2,1-2H3,(H,28,29). The summed E-state index contributed by atoms with van der Waals surface area (Å²) in [5.41, 5.74) is 3.31. The molecular formula is C21H24Br2N4O2. The third kappa shape index (κ3) is 4.15. The third-order valence-electron chi connectivity index (χ3n) is 5.70. The van der Waals surface area contributed by atoms with Crippen molar-refractivity contribution in [3.63, 3.8) is 0 Å². The number of carboxylic acids is 1. The van der Waals surface area contributed by atoms with Crippen LogP contribution in [0.4, 0.5) is 11.5 Å². The number of carbonyl (C=O) groups is 1. The first-order chi connectivity index (χ1) is 13.8. The van der Waals surface area contributed by atoms with Crippen molar-refractivity contribution in [1.29, 1.82) is 0 Å². The summed E-state index contributed by atoms with van der Waals surface area (Å²) >= 11 is 7.21. The molecule has 8 heteroatoms. The second kappa shape index (κ2) is 8.24. The van der Waals surface area contributed by atoms with E-state index < -0.39 is 5.97 Å². The van der Waals surface area contributed by atoms with Gasteiger partial charge in [-0.25, -0.2) is 4.99 Å². The summed E-state index contributed by atoms with van der Waals surface area (Å²) in [5, 5.41) is 9.07. The molecule has 0 bridgehead atoms. The summed E-state index contributed by atoms with van der Waals surface area (Å²) in [6.07, 6.45) is 2.03. The Morgan fingerprint density at radius 3 is 2.62 bits per heavy atom. The van der Waals surface area contributed by atoms with Crippen LogP contribution < -0.4 is 4.90 Å². The lowest BCUT2D eigenvalue weighted by Crippen LogP contribution is -2.40. The van der Waals surface area contributed by atoms with Gasteiger partial charge in [-0.1, -0.05) is 15.9 Å². The highest BCUT2D eigenvalue weighted by Gasteiger charge is 2.34.